The van der Waals surface area contributed by atoms with Gasteiger partial charge in [0.15, 0.2) is 0 Å². The van der Waals surface area contributed by atoms with Crippen LogP contribution in [-0.2, 0) is 0 Å². The van der Waals surface area contributed by atoms with Crippen molar-refractivity contribution < 1.29 is 9.72 Å². The standard InChI is InChI=1S/C19H20ClN3O3/c20-17-12-15(23(25)26)8-9-16(17)19(24)21-13-18(22-10-4-5-11-22)14-6-2-1-3-7-14/h1-3,6-9,12,18H,4-5,10-11,13H2,(H,21,24). The van der Waals surface area contributed by atoms with Gasteiger partial charge in [-0.15, -0.1) is 0 Å². The van der Waals surface area contributed by atoms with E-state index in [1.54, 1.807) is 0 Å². The summed E-state index contributed by atoms with van der Waals surface area (Å²) in [5.41, 5.74) is 1.26. The van der Waals surface area contributed by atoms with Crippen molar-refractivity contribution in [2.24, 2.45) is 0 Å². The molecule has 1 saturated heterocycles. The number of nitro benzene ring substituents is 1. The van der Waals surface area contributed by atoms with Crippen molar-refractivity contribution >= 4 is 23.2 Å². The Hall–Kier alpha value is -2.44. The lowest BCUT2D eigenvalue weighted by atomic mass is 10.1. The first-order chi connectivity index (χ1) is 12.6. The minimum atomic E-state index is -0.535. The van der Waals surface area contributed by atoms with Crippen molar-refractivity contribution in [3.63, 3.8) is 0 Å². The monoisotopic (exact) mass is 373 g/mol. The van der Waals surface area contributed by atoms with Crippen LogP contribution in [0.15, 0.2) is 48.5 Å². The van der Waals surface area contributed by atoms with E-state index in [1.807, 2.05) is 18.2 Å². The minimum absolute atomic E-state index is 0.0779. The molecule has 1 unspecified atom stereocenters. The number of carbonyl (C=O) groups is 1. The first-order valence-electron chi connectivity index (χ1n) is 8.57. The Morgan fingerprint density at radius 3 is 2.50 bits per heavy atom. The lowest BCUT2D eigenvalue weighted by Gasteiger charge is -2.28. The molecular weight excluding hydrogens is 354 g/mol. The lowest BCUT2D eigenvalue weighted by Crippen LogP contribution is -2.36. The van der Waals surface area contributed by atoms with E-state index in [0.717, 1.165) is 31.5 Å². The SMILES string of the molecule is O=C(NCC(c1ccccc1)N1CCCC1)c1ccc([N+](=O)[O-])cc1Cl. The van der Waals surface area contributed by atoms with E-state index in [2.05, 4.69) is 22.3 Å². The number of nitrogens with one attached hydrogen (secondary N) is 1. The number of amides is 1. The van der Waals surface area contributed by atoms with Crippen molar-refractivity contribution in [3.05, 3.63) is 74.8 Å². The molecule has 0 radical (unpaired) electrons. The summed E-state index contributed by atoms with van der Waals surface area (Å²) >= 11 is 6.05. The van der Waals surface area contributed by atoms with E-state index >= 15 is 0 Å². The van der Waals surface area contributed by atoms with Gasteiger partial charge in [0, 0.05) is 18.7 Å². The Morgan fingerprint density at radius 1 is 1.19 bits per heavy atom. The fourth-order valence-corrected chi connectivity index (χ4v) is 3.53. The third kappa shape index (κ3) is 4.20. The molecule has 0 spiro atoms. The number of benzene rings is 2. The van der Waals surface area contributed by atoms with Crippen LogP contribution < -0.4 is 5.32 Å². The molecule has 7 heteroatoms. The molecule has 0 bridgehead atoms. The summed E-state index contributed by atoms with van der Waals surface area (Å²) in [7, 11) is 0. The average Bonchev–Trinajstić information content (AvgIpc) is 3.17. The number of nitro groups is 1. The highest BCUT2D eigenvalue weighted by molar-refractivity contribution is 6.34. The van der Waals surface area contributed by atoms with E-state index in [1.165, 1.54) is 18.2 Å². The fourth-order valence-electron chi connectivity index (χ4n) is 3.27. The molecule has 1 fully saturated rings. The Kier molecular flexibility index (Phi) is 5.85. The normalized spacial score (nSPS) is 15.6. The largest absolute Gasteiger partial charge is 0.350 e. The summed E-state index contributed by atoms with van der Waals surface area (Å²) in [4.78, 5) is 25.1. The second kappa shape index (κ2) is 8.29. The van der Waals surface area contributed by atoms with Crippen molar-refractivity contribution in [1.82, 2.24) is 10.2 Å². The van der Waals surface area contributed by atoms with Crippen LogP contribution in [-0.4, -0.2) is 35.4 Å². The number of hydrogen-bond donors (Lipinski definition) is 1. The maximum atomic E-state index is 12.5. The topological polar surface area (TPSA) is 75.5 Å². The number of likely N-dealkylation sites (tertiary alicyclic amines) is 1. The molecule has 1 N–H and O–H groups in total. The summed E-state index contributed by atoms with van der Waals surface area (Å²) in [5, 5.41) is 13.8. The number of nitrogens with zero attached hydrogens (tertiary/aromatic N) is 2. The number of hydrogen-bond acceptors (Lipinski definition) is 4. The molecule has 1 atom stereocenters. The highest BCUT2D eigenvalue weighted by Crippen LogP contribution is 2.25. The molecule has 1 amide bonds. The van der Waals surface area contributed by atoms with Crippen molar-refractivity contribution in [2.75, 3.05) is 19.6 Å². The number of carbonyl (C=O) groups excluding carboxylic acids is 1. The molecule has 136 valence electrons. The molecule has 6 nitrogen and oxygen atoms in total. The molecule has 26 heavy (non-hydrogen) atoms. The molecule has 1 heterocycles. The maximum Gasteiger partial charge on any atom is 0.270 e. The first kappa shape index (κ1) is 18.4. The third-order valence-electron chi connectivity index (χ3n) is 4.63. The maximum absolute atomic E-state index is 12.5. The summed E-state index contributed by atoms with van der Waals surface area (Å²) < 4.78 is 0. The van der Waals surface area contributed by atoms with E-state index < -0.39 is 4.92 Å². The second-order valence-corrected chi connectivity index (χ2v) is 6.71. The molecule has 1 aliphatic heterocycles. The molecule has 1 aliphatic rings. The van der Waals surface area contributed by atoms with Crippen LogP contribution in [0.4, 0.5) is 5.69 Å². The summed E-state index contributed by atoms with van der Waals surface area (Å²) in [6.07, 6.45) is 2.32. The second-order valence-electron chi connectivity index (χ2n) is 6.30. The quantitative estimate of drug-likeness (QED) is 0.617. The van der Waals surface area contributed by atoms with Gasteiger partial charge in [0.2, 0.25) is 0 Å². The van der Waals surface area contributed by atoms with Gasteiger partial charge < -0.3 is 5.32 Å². The van der Waals surface area contributed by atoms with E-state index in [4.69, 9.17) is 11.6 Å². The molecule has 0 aromatic heterocycles. The van der Waals surface area contributed by atoms with Crippen LogP contribution in [0, 0.1) is 10.1 Å². The van der Waals surface area contributed by atoms with Gasteiger partial charge in [0.25, 0.3) is 11.6 Å². The minimum Gasteiger partial charge on any atom is -0.350 e. The average molecular weight is 374 g/mol. The molecule has 2 aromatic rings. The van der Waals surface area contributed by atoms with Crippen LogP contribution in [0.3, 0.4) is 0 Å². The van der Waals surface area contributed by atoms with Gasteiger partial charge in [0.1, 0.15) is 0 Å². The van der Waals surface area contributed by atoms with Gasteiger partial charge >= 0.3 is 0 Å². The number of non-ortho nitro benzene ring substituents is 1. The zero-order valence-corrected chi connectivity index (χ0v) is 15.0. The van der Waals surface area contributed by atoms with Crippen molar-refractivity contribution in [1.29, 1.82) is 0 Å². The smallest absolute Gasteiger partial charge is 0.270 e. The summed E-state index contributed by atoms with van der Waals surface area (Å²) in [6, 6.07) is 14.1. The van der Waals surface area contributed by atoms with Gasteiger partial charge in [0.05, 0.1) is 21.6 Å². The van der Waals surface area contributed by atoms with Gasteiger partial charge in [-0.05, 0) is 37.6 Å². The van der Waals surface area contributed by atoms with Gasteiger partial charge in [-0.1, -0.05) is 41.9 Å². The van der Waals surface area contributed by atoms with Gasteiger partial charge in [-0.2, -0.15) is 0 Å². The van der Waals surface area contributed by atoms with Crippen LogP contribution in [0.1, 0.15) is 34.8 Å². The predicted octanol–water partition coefficient (Wildman–Crippen LogP) is 3.82. The Morgan fingerprint density at radius 2 is 1.88 bits per heavy atom. The third-order valence-corrected chi connectivity index (χ3v) is 4.94. The van der Waals surface area contributed by atoms with Crippen LogP contribution in [0.25, 0.3) is 0 Å². The van der Waals surface area contributed by atoms with E-state index in [-0.39, 0.29) is 28.2 Å². The van der Waals surface area contributed by atoms with Crippen molar-refractivity contribution in [3.8, 4) is 0 Å². The van der Waals surface area contributed by atoms with E-state index in [0.29, 0.717) is 6.54 Å². The predicted molar refractivity (Wildman–Crippen MR) is 100 cm³/mol. The van der Waals surface area contributed by atoms with Crippen LogP contribution >= 0.6 is 11.6 Å². The zero-order valence-electron chi connectivity index (χ0n) is 14.2. The molecular formula is C19H20ClN3O3. The molecule has 3 rings (SSSR count). The molecule has 0 aliphatic carbocycles. The molecule has 0 saturated carbocycles. The first-order valence-corrected chi connectivity index (χ1v) is 8.95. The number of halogens is 1. The van der Waals surface area contributed by atoms with Crippen LogP contribution in [0.5, 0.6) is 0 Å². The van der Waals surface area contributed by atoms with Gasteiger partial charge in [-0.25, -0.2) is 0 Å². The van der Waals surface area contributed by atoms with Crippen molar-refractivity contribution in [2.45, 2.75) is 18.9 Å². The summed E-state index contributed by atoms with van der Waals surface area (Å²) in [5.74, 6) is -0.329. The lowest BCUT2D eigenvalue weighted by molar-refractivity contribution is -0.384. The Labute approximate surface area is 156 Å². The van der Waals surface area contributed by atoms with E-state index in [9.17, 15) is 14.9 Å². The fraction of sp³-hybridized carbons (Fsp3) is 0.316. The highest BCUT2D eigenvalue weighted by atomic mass is 35.5. The molecule has 2 aromatic carbocycles. The summed E-state index contributed by atoms with van der Waals surface area (Å²) in [6.45, 7) is 2.47. The van der Waals surface area contributed by atoms with Crippen LogP contribution in [0.2, 0.25) is 5.02 Å². The zero-order chi connectivity index (χ0) is 18.5. The highest BCUT2D eigenvalue weighted by Gasteiger charge is 2.24. The Bertz CT molecular complexity index is 792. The Balaban J connectivity index is 1.72. The van der Waals surface area contributed by atoms with Gasteiger partial charge in [-0.3, -0.25) is 19.8 Å². The number of rotatable bonds is 6.